The first-order chi connectivity index (χ1) is 7.32. The Morgan fingerprint density at radius 1 is 1.38 bits per heavy atom. The lowest BCUT2D eigenvalue weighted by Gasteiger charge is -2.16. The molecule has 0 spiro atoms. The Morgan fingerprint density at radius 3 is 2.44 bits per heavy atom. The van der Waals surface area contributed by atoms with Crippen LogP contribution in [0.15, 0.2) is 24.3 Å². The van der Waals surface area contributed by atoms with Crippen LogP contribution in [-0.2, 0) is 4.79 Å². The summed E-state index contributed by atoms with van der Waals surface area (Å²) < 4.78 is 35.9. The van der Waals surface area contributed by atoms with Gasteiger partial charge in [-0.05, 0) is 18.6 Å². The lowest BCUT2D eigenvalue weighted by molar-refractivity contribution is -0.174. The molecule has 88 valence electrons. The minimum Gasteiger partial charge on any atom is -0.342 e. The SMILES string of the molecule is C[C@@H](NC(=O)C(F)(F)F)c1ccccc1Cl. The fourth-order valence-electron chi connectivity index (χ4n) is 1.18. The van der Waals surface area contributed by atoms with E-state index in [1.54, 1.807) is 24.3 Å². The molecule has 0 unspecified atom stereocenters. The van der Waals surface area contributed by atoms with E-state index in [0.717, 1.165) is 0 Å². The lowest BCUT2D eigenvalue weighted by Crippen LogP contribution is -2.38. The number of halogens is 4. The van der Waals surface area contributed by atoms with E-state index in [1.165, 1.54) is 6.92 Å². The summed E-state index contributed by atoms with van der Waals surface area (Å²) in [7, 11) is 0. The normalized spacial score (nSPS) is 13.3. The summed E-state index contributed by atoms with van der Waals surface area (Å²) in [5.41, 5.74) is 0.446. The number of amides is 1. The molecular formula is C10H9ClF3NO. The zero-order valence-electron chi connectivity index (χ0n) is 8.31. The third-order valence-corrected chi connectivity index (χ3v) is 2.32. The topological polar surface area (TPSA) is 29.1 Å². The van der Waals surface area contributed by atoms with Gasteiger partial charge in [0.1, 0.15) is 0 Å². The molecule has 0 saturated carbocycles. The number of hydrogen-bond donors (Lipinski definition) is 1. The van der Waals surface area contributed by atoms with Crippen LogP contribution in [0.25, 0.3) is 0 Å². The molecule has 0 aromatic heterocycles. The Hall–Kier alpha value is -1.23. The van der Waals surface area contributed by atoms with E-state index < -0.39 is 18.1 Å². The molecule has 0 aliphatic heterocycles. The fraction of sp³-hybridized carbons (Fsp3) is 0.300. The van der Waals surface area contributed by atoms with Gasteiger partial charge in [-0.2, -0.15) is 13.2 Å². The highest BCUT2D eigenvalue weighted by Gasteiger charge is 2.39. The average molecular weight is 252 g/mol. The second-order valence-electron chi connectivity index (χ2n) is 3.21. The van der Waals surface area contributed by atoms with Gasteiger partial charge in [0.2, 0.25) is 0 Å². The number of alkyl halides is 3. The molecule has 16 heavy (non-hydrogen) atoms. The number of rotatable bonds is 2. The van der Waals surface area contributed by atoms with E-state index in [-0.39, 0.29) is 0 Å². The molecule has 0 fully saturated rings. The van der Waals surface area contributed by atoms with Gasteiger partial charge >= 0.3 is 12.1 Å². The predicted molar refractivity (Wildman–Crippen MR) is 54.1 cm³/mol. The minimum atomic E-state index is -4.88. The summed E-state index contributed by atoms with van der Waals surface area (Å²) in [6.45, 7) is 1.44. The Kier molecular flexibility index (Phi) is 3.80. The summed E-state index contributed by atoms with van der Waals surface area (Å²) in [5, 5.41) is 2.15. The first-order valence-electron chi connectivity index (χ1n) is 4.44. The van der Waals surface area contributed by atoms with Crippen molar-refractivity contribution in [3.8, 4) is 0 Å². The van der Waals surface area contributed by atoms with Crippen LogP contribution in [0.1, 0.15) is 18.5 Å². The summed E-state index contributed by atoms with van der Waals surface area (Å²) in [6.07, 6.45) is -4.88. The highest BCUT2D eigenvalue weighted by atomic mass is 35.5. The van der Waals surface area contributed by atoms with Gasteiger partial charge in [0.05, 0.1) is 6.04 Å². The van der Waals surface area contributed by atoms with E-state index in [0.29, 0.717) is 10.6 Å². The molecule has 1 atom stereocenters. The van der Waals surface area contributed by atoms with Crippen LogP contribution in [0.4, 0.5) is 13.2 Å². The van der Waals surface area contributed by atoms with E-state index in [1.807, 2.05) is 5.32 Å². The first kappa shape index (κ1) is 12.8. The van der Waals surface area contributed by atoms with Crippen LogP contribution in [0.3, 0.4) is 0 Å². The number of hydrogen-bond acceptors (Lipinski definition) is 1. The molecule has 1 amide bonds. The maximum absolute atomic E-state index is 12.0. The van der Waals surface area contributed by atoms with Crippen molar-refractivity contribution < 1.29 is 18.0 Å². The maximum Gasteiger partial charge on any atom is 0.471 e. The van der Waals surface area contributed by atoms with Gasteiger partial charge in [-0.25, -0.2) is 0 Å². The van der Waals surface area contributed by atoms with Crippen LogP contribution in [-0.4, -0.2) is 12.1 Å². The number of nitrogens with one attached hydrogen (secondary N) is 1. The number of benzene rings is 1. The zero-order valence-corrected chi connectivity index (χ0v) is 9.06. The van der Waals surface area contributed by atoms with Gasteiger partial charge in [0, 0.05) is 5.02 Å². The van der Waals surface area contributed by atoms with Crippen molar-refractivity contribution in [1.82, 2.24) is 5.32 Å². The molecule has 6 heteroatoms. The Labute approximate surface area is 95.4 Å². The molecule has 0 heterocycles. The molecule has 0 radical (unpaired) electrons. The highest BCUT2D eigenvalue weighted by Crippen LogP contribution is 2.23. The van der Waals surface area contributed by atoms with E-state index >= 15 is 0 Å². The third kappa shape index (κ3) is 3.13. The van der Waals surface area contributed by atoms with E-state index in [2.05, 4.69) is 0 Å². The van der Waals surface area contributed by atoms with Crippen LogP contribution in [0.5, 0.6) is 0 Å². The second-order valence-corrected chi connectivity index (χ2v) is 3.62. The highest BCUT2D eigenvalue weighted by molar-refractivity contribution is 6.31. The van der Waals surface area contributed by atoms with Gasteiger partial charge in [-0.1, -0.05) is 29.8 Å². The molecule has 0 saturated heterocycles. The number of carbonyl (C=O) groups is 1. The zero-order chi connectivity index (χ0) is 12.3. The Balaban J connectivity index is 2.78. The monoisotopic (exact) mass is 251 g/mol. The maximum atomic E-state index is 12.0. The van der Waals surface area contributed by atoms with Crippen molar-refractivity contribution in [2.45, 2.75) is 19.1 Å². The Bertz CT molecular complexity index is 392. The lowest BCUT2D eigenvalue weighted by atomic mass is 10.1. The summed E-state index contributed by atoms with van der Waals surface area (Å²) in [6, 6.07) is 5.61. The molecule has 1 rings (SSSR count). The molecule has 0 bridgehead atoms. The Morgan fingerprint density at radius 2 is 1.94 bits per heavy atom. The van der Waals surface area contributed by atoms with E-state index in [9.17, 15) is 18.0 Å². The minimum absolute atomic E-state index is 0.317. The van der Waals surface area contributed by atoms with Gasteiger partial charge in [-0.15, -0.1) is 0 Å². The van der Waals surface area contributed by atoms with Crippen molar-refractivity contribution in [1.29, 1.82) is 0 Å². The van der Waals surface area contributed by atoms with Gasteiger partial charge in [0.25, 0.3) is 0 Å². The first-order valence-corrected chi connectivity index (χ1v) is 4.82. The van der Waals surface area contributed by atoms with Crippen molar-refractivity contribution in [2.75, 3.05) is 0 Å². The average Bonchev–Trinajstić information content (AvgIpc) is 2.16. The summed E-state index contributed by atoms with van der Waals surface area (Å²) >= 11 is 5.78. The van der Waals surface area contributed by atoms with E-state index in [4.69, 9.17) is 11.6 Å². The van der Waals surface area contributed by atoms with Crippen LogP contribution in [0.2, 0.25) is 5.02 Å². The van der Waals surface area contributed by atoms with Crippen LogP contribution < -0.4 is 5.32 Å². The molecule has 1 aromatic carbocycles. The standard InChI is InChI=1S/C10H9ClF3NO/c1-6(15-9(16)10(12,13)14)7-4-2-3-5-8(7)11/h2-6H,1H3,(H,15,16)/t6-/m1/s1. The van der Waals surface area contributed by atoms with Gasteiger partial charge < -0.3 is 5.32 Å². The van der Waals surface area contributed by atoms with Crippen LogP contribution in [0, 0.1) is 0 Å². The smallest absolute Gasteiger partial charge is 0.342 e. The predicted octanol–water partition coefficient (Wildman–Crippen LogP) is 3.08. The molecule has 0 aliphatic rings. The molecule has 1 aromatic rings. The van der Waals surface area contributed by atoms with Crippen molar-refractivity contribution >= 4 is 17.5 Å². The fourth-order valence-corrected chi connectivity index (χ4v) is 1.48. The quantitative estimate of drug-likeness (QED) is 0.860. The molecule has 1 N–H and O–H groups in total. The second kappa shape index (κ2) is 4.74. The van der Waals surface area contributed by atoms with Crippen molar-refractivity contribution in [3.05, 3.63) is 34.9 Å². The third-order valence-electron chi connectivity index (χ3n) is 1.98. The molecular weight excluding hydrogens is 243 g/mol. The largest absolute Gasteiger partial charge is 0.471 e. The van der Waals surface area contributed by atoms with Gasteiger partial charge in [0.15, 0.2) is 0 Å². The van der Waals surface area contributed by atoms with Gasteiger partial charge in [-0.3, -0.25) is 4.79 Å². The molecule has 2 nitrogen and oxygen atoms in total. The summed E-state index contributed by atoms with van der Waals surface area (Å²) in [4.78, 5) is 10.7. The van der Waals surface area contributed by atoms with Crippen molar-refractivity contribution in [2.24, 2.45) is 0 Å². The number of carbonyl (C=O) groups excluding carboxylic acids is 1. The van der Waals surface area contributed by atoms with Crippen molar-refractivity contribution in [3.63, 3.8) is 0 Å². The molecule has 0 aliphatic carbocycles. The van der Waals surface area contributed by atoms with Crippen LogP contribution >= 0.6 is 11.6 Å². The summed E-state index contributed by atoms with van der Waals surface area (Å²) in [5.74, 6) is -1.97.